The first kappa shape index (κ1) is 26.8. The summed E-state index contributed by atoms with van der Waals surface area (Å²) < 4.78 is 66.1. The number of hydrogen-bond acceptors (Lipinski definition) is 6. The van der Waals surface area contributed by atoms with E-state index in [2.05, 4.69) is 10.2 Å². The minimum atomic E-state index is -4.51. The van der Waals surface area contributed by atoms with Crippen molar-refractivity contribution in [1.82, 2.24) is 19.2 Å². The Hall–Kier alpha value is -2.76. The summed E-state index contributed by atoms with van der Waals surface area (Å²) in [4.78, 5) is 11.8. The summed E-state index contributed by atoms with van der Waals surface area (Å²) in [5.41, 5.74) is -0.00555. The Kier molecular flexibility index (Phi) is 7.61. The zero-order chi connectivity index (χ0) is 26.9. The molecule has 2 aliphatic rings. The molecule has 0 bridgehead atoms. The summed E-state index contributed by atoms with van der Waals surface area (Å²) in [5.74, 6) is 1.52. The monoisotopic (exact) mass is 547 g/mol. The van der Waals surface area contributed by atoms with Gasteiger partial charge in [-0.05, 0) is 56.2 Å². The standard InChI is InChI=1S/C27H32F3N5O2S/c1-19(25-32-24-10-6-5-9-23(24)26(33-25)31-21-7-3-2-4-8-21)34-15-17-35(18-16-34)38(36,37)22-13-11-20(12-14-22)27(28,29)30/h5-6,9-14,19,21H,2-4,7-8,15-18H2,1H3,(H,31,32,33)/t19-/m1/s1. The molecule has 7 nitrogen and oxygen atoms in total. The molecular formula is C27H32F3N5O2S. The van der Waals surface area contributed by atoms with E-state index in [4.69, 9.17) is 9.97 Å². The quantitative estimate of drug-likeness (QED) is 0.442. The van der Waals surface area contributed by atoms with Crippen LogP contribution < -0.4 is 5.32 Å². The van der Waals surface area contributed by atoms with Crippen LogP contribution in [0.15, 0.2) is 53.4 Å². The fourth-order valence-corrected chi connectivity index (χ4v) is 6.71. The number of piperazine rings is 1. The molecule has 2 heterocycles. The number of fused-ring (bicyclic) bond motifs is 1. The summed E-state index contributed by atoms with van der Waals surface area (Å²) in [5, 5.41) is 4.64. The van der Waals surface area contributed by atoms with Crippen LogP contribution in [-0.4, -0.2) is 59.8 Å². The molecule has 1 aromatic heterocycles. The molecule has 2 aromatic carbocycles. The first-order valence-corrected chi connectivity index (χ1v) is 14.5. The van der Waals surface area contributed by atoms with E-state index in [9.17, 15) is 21.6 Å². The summed E-state index contributed by atoms with van der Waals surface area (Å²) >= 11 is 0. The molecule has 2 fully saturated rings. The molecule has 3 aromatic rings. The highest BCUT2D eigenvalue weighted by Gasteiger charge is 2.34. The second-order valence-electron chi connectivity index (χ2n) is 10.1. The van der Waals surface area contributed by atoms with Crippen molar-refractivity contribution in [1.29, 1.82) is 0 Å². The van der Waals surface area contributed by atoms with Gasteiger partial charge in [0.25, 0.3) is 0 Å². The molecule has 1 aliphatic heterocycles. The Balaban J connectivity index is 1.30. The summed E-state index contributed by atoms with van der Waals surface area (Å²) in [6.07, 6.45) is 1.43. The van der Waals surface area contributed by atoms with Crippen LogP contribution in [0.2, 0.25) is 0 Å². The van der Waals surface area contributed by atoms with E-state index in [1.165, 1.54) is 23.6 Å². The topological polar surface area (TPSA) is 78.4 Å². The number of rotatable bonds is 6. The summed E-state index contributed by atoms with van der Waals surface area (Å²) in [6, 6.07) is 11.9. The van der Waals surface area contributed by atoms with Crippen molar-refractivity contribution in [2.24, 2.45) is 0 Å². The fraction of sp³-hybridized carbons (Fsp3) is 0.481. The van der Waals surface area contributed by atoms with E-state index in [1.807, 2.05) is 31.2 Å². The largest absolute Gasteiger partial charge is 0.416 e. The lowest BCUT2D eigenvalue weighted by Gasteiger charge is -2.37. The van der Waals surface area contributed by atoms with Gasteiger partial charge >= 0.3 is 6.18 Å². The van der Waals surface area contributed by atoms with E-state index >= 15 is 0 Å². The van der Waals surface area contributed by atoms with E-state index in [0.29, 0.717) is 25.0 Å². The van der Waals surface area contributed by atoms with Crippen LogP contribution in [-0.2, 0) is 16.2 Å². The van der Waals surface area contributed by atoms with Gasteiger partial charge in [0.1, 0.15) is 11.6 Å². The molecule has 0 spiro atoms. The maximum Gasteiger partial charge on any atom is 0.416 e. The molecule has 0 amide bonds. The van der Waals surface area contributed by atoms with Crippen LogP contribution in [0.4, 0.5) is 19.0 Å². The number of anilines is 1. The molecule has 1 aliphatic carbocycles. The number of para-hydroxylation sites is 1. The van der Waals surface area contributed by atoms with Crippen LogP contribution in [0.1, 0.15) is 56.5 Å². The molecule has 11 heteroatoms. The third kappa shape index (κ3) is 5.64. The first-order valence-electron chi connectivity index (χ1n) is 13.1. The Morgan fingerprint density at radius 3 is 2.24 bits per heavy atom. The minimum Gasteiger partial charge on any atom is -0.367 e. The van der Waals surface area contributed by atoms with Crippen molar-refractivity contribution in [3.8, 4) is 0 Å². The second-order valence-corrected chi connectivity index (χ2v) is 12.0. The lowest BCUT2D eigenvalue weighted by atomic mass is 9.95. The smallest absolute Gasteiger partial charge is 0.367 e. The van der Waals surface area contributed by atoms with Crippen LogP contribution in [0.3, 0.4) is 0 Å². The lowest BCUT2D eigenvalue weighted by molar-refractivity contribution is -0.137. The van der Waals surface area contributed by atoms with Gasteiger partial charge in [-0.3, -0.25) is 4.90 Å². The van der Waals surface area contributed by atoms with Crippen molar-refractivity contribution >= 4 is 26.7 Å². The van der Waals surface area contributed by atoms with Gasteiger partial charge in [0.15, 0.2) is 0 Å². The predicted octanol–water partition coefficient (Wildman–Crippen LogP) is 5.46. The minimum absolute atomic E-state index is 0.136. The van der Waals surface area contributed by atoms with Crippen LogP contribution >= 0.6 is 0 Å². The Labute approximate surface area is 221 Å². The number of nitrogens with one attached hydrogen (secondary N) is 1. The highest BCUT2D eigenvalue weighted by molar-refractivity contribution is 7.89. The maximum absolute atomic E-state index is 13.1. The maximum atomic E-state index is 13.1. The van der Waals surface area contributed by atoms with Gasteiger partial charge in [-0.1, -0.05) is 31.4 Å². The van der Waals surface area contributed by atoms with Gasteiger partial charge in [-0.15, -0.1) is 0 Å². The third-order valence-electron chi connectivity index (χ3n) is 7.58. The molecule has 1 atom stereocenters. The number of hydrogen-bond donors (Lipinski definition) is 1. The van der Waals surface area contributed by atoms with Crippen molar-refractivity contribution < 1.29 is 21.6 Å². The van der Waals surface area contributed by atoms with Gasteiger partial charge in [-0.2, -0.15) is 17.5 Å². The molecular weight excluding hydrogens is 515 g/mol. The van der Waals surface area contributed by atoms with Gasteiger partial charge in [0, 0.05) is 37.6 Å². The normalized spacial score (nSPS) is 19.5. The van der Waals surface area contributed by atoms with E-state index in [-0.39, 0.29) is 24.0 Å². The zero-order valence-electron chi connectivity index (χ0n) is 21.3. The average molecular weight is 548 g/mol. The Bertz CT molecular complexity index is 1370. The first-order chi connectivity index (χ1) is 18.1. The van der Waals surface area contributed by atoms with Crippen molar-refractivity contribution in [2.45, 2.75) is 62.2 Å². The SMILES string of the molecule is C[C@H](c1nc(NC2CCCCC2)c2ccccc2n1)N1CCN(S(=O)(=O)c2ccc(C(F)(F)F)cc2)CC1. The summed E-state index contributed by atoms with van der Waals surface area (Å²) in [6.45, 7) is 3.41. The summed E-state index contributed by atoms with van der Waals surface area (Å²) in [7, 11) is -3.89. The third-order valence-corrected chi connectivity index (χ3v) is 9.49. The van der Waals surface area contributed by atoms with Crippen molar-refractivity contribution in [2.75, 3.05) is 31.5 Å². The number of aromatic nitrogens is 2. The average Bonchev–Trinajstić information content (AvgIpc) is 2.93. The highest BCUT2D eigenvalue weighted by atomic mass is 32.2. The molecule has 38 heavy (non-hydrogen) atoms. The molecule has 1 saturated heterocycles. The highest BCUT2D eigenvalue weighted by Crippen LogP contribution is 2.31. The number of benzene rings is 2. The van der Waals surface area contributed by atoms with Crippen molar-refractivity contribution in [3.63, 3.8) is 0 Å². The lowest BCUT2D eigenvalue weighted by Crippen LogP contribution is -2.49. The van der Waals surface area contributed by atoms with Gasteiger partial charge in [0.05, 0.1) is 22.0 Å². The van der Waals surface area contributed by atoms with E-state index in [1.54, 1.807) is 0 Å². The number of nitrogens with zero attached hydrogens (tertiary/aromatic N) is 4. The molecule has 5 rings (SSSR count). The predicted molar refractivity (Wildman–Crippen MR) is 140 cm³/mol. The molecule has 1 N–H and O–H groups in total. The second kappa shape index (κ2) is 10.8. The van der Waals surface area contributed by atoms with Gasteiger partial charge in [0.2, 0.25) is 10.0 Å². The number of halogens is 3. The van der Waals surface area contributed by atoms with Crippen molar-refractivity contribution in [3.05, 3.63) is 59.9 Å². The Morgan fingerprint density at radius 2 is 1.58 bits per heavy atom. The Morgan fingerprint density at radius 1 is 0.921 bits per heavy atom. The van der Waals surface area contributed by atoms with Gasteiger partial charge < -0.3 is 5.32 Å². The number of alkyl halides is 3. The van der Waals surface area contributed by atoms with Crippen LogP contribution in [0.5, 0.6) is 0 Å². The molecule has 204 valence electrons. The molecule has 0 radical (unpaired) electrons. The van der Waals surface area contributed by atoms with Gasteiger partial charge in [-0.25, -0.2) is 18.4 Å². The van der Waals surface area contributed by atoms with Crippen LogP contribution in [0, 0.1) is 0 Å². The number of sulfonamides is 1. The zero-order valence-corrected chi connectivity index (χ0v) is 22.1. The van der Waals surface area contributed by atoms with Crippen LogP contribution in [0.25, 0.3) is 10.9 Å². The van der Waals surface area contributed by atoms with E-state index in [0.717, 1.165) is 53.8 Å². The molecule has 1 saturated carbocycles. The molecule has 0 unspecified atom stereocenters. The fourth-order valence-electron chi connectivity index (χ4n) is 5.29. The van der Waals surface area contributed by atoms with E-state index < -0.39 is 21.8 Å².